The predicted molar refractivity (Wildman–Crippen MR) is 91.7 cm³/mol. The summed E-state index contributed by atoms with van der Waals surface area (Å²) in [4.78, 5) is 1.39. The van der Waals surface area contributed by atoms with Crippen molar-refractivity contribution in [2.75, 3.05) is 12.8 Å². The van der Waals surface area contributed by atoms with Gasteiger partial charge in [-0.25, -0.2) is 13.1 Å². The molecule has 120 valence electrons. The molecule has 4 nitrogen and oxygen atoms in total. The van der Waals surface area contributed by atoms with Gasteiger partial charge in [0.2, 0.25) is 10.0 Å². The van der Waals surface area contributed by atoms with Crippen LogP contribution in [0.5, 0.6) is 0 Å². The molecular weight excluding hydrogens is 324 g/mol. The highest BCUT2D eigenvalue weighted by atomic mass is 32.2. The Hall–Kier alpha value is -0.0800. The number of rotatable bonds is 7. The molecule has 0 spiro atoms. The van der Waals surface area contributed by atoms with Crippen LogP contribution in [0.1, 0.15) is 36.6 Å². The first kappa shape index (κ1) is 17.3. The predicted octanol–water partition coefficient (Wildman–Crippen LogP) is 2.73. The van der Waals surface area contributed by atoms with Crippen molar-refractivity contribution >= 4 is 33.1 Å². The van der Waals surface area contributed by atoms with Gasteiger partial charge in [0, 0.05) is 22.7 Å². The summed E-state index contributed by atoms with van der Waals surface area (Å²) in [5.74, 6) is 0. The molecule has 1 heterocycles. The third kappa shape index (κ3) is 4.01. The van der Waals surface area contributed by atoms with E-state index in [1.807, 2.05) is 19.2 Å². The van der Waals surface area contributed by atoms with Gasteiger partial charge in [0.15, 0.2) is 0 Å². The van der Waals surface area contributed by atoms with E-state index in [1.54, 1.807) is 11.8 Å². The van der Waals surface area contributed by atoms with E-state index in [4.69, 9.17) is 0 Å². The molecule has 0 saturated heterocycles. The molecular formula is C14H24N2O2S3. The third-order valence-electron chi connectivity index (χ3n) is 3.86. The van der Waals surface area contributed by atoms with E-state index < -0.39 is 10.0 Å². The van der Waals surface area contributed by atoms with E-state index in [2.05, 4.69) is 16.3 Å². The molecule has 1 aliphatic rings. The van der Waals surface area contributed by atoms with Gasteiger partial charge in [-0.05, 0) is 43.5 Å². The van der Waals surface area contributed by atoms with Crippen LogP contribution in [-0.2, 0) is 16.6 Å². The SMILES string of the molecule is CCNCc1scc(C)c1S(=O)(=O)NC1CCCC1SC. The van der Waals surface area contributed by atoms with Gasteiger partial charge in [0.25, 0.3) is 0 Å². The zero-order valence-corrected chi connectivity index (χ0v) is 15.3. The summed E-state index contributed by atoms with van der Waals surface area (Å²) in [5.41, 5.74) is 0.846. The summed E-state index contributed by atoms with van der Waals surface area (Å²) in [7, 11) is -3.43. The summed E-state index contributed by atoms with van der Waals surface area (Å²) in [5, 5.41) is 5.55. The van der Waals surface area contributed by atoms with E-state index in [-0.39, 0.29) is 6.04 Å². The lowest BCUT2D eigenvalue weighted by molar-refractivity contribution is 0.553. The Morgan fingerprint density at radius 1 is 1.43 bits per heavy atom. The lowest BCUT2D eigenvalue weighted by Gasteiger charge is -2.19. The van der Waals surface area contributed by atoms with Crippen LogP contribution in [0.15, 0.2) is 10.3 Å². The van der Waals surface area contributed by atoms with Crippen molar-refractivity contribution in [1.82, 2.24) is 10.0 Å². The molecule has 0 aliphatic heterocycles. The van der Waals surface area contributed by atoms with Crippen LogP contribution in [0.25, 0.3) is 0 Å². The molecule has 2 rings (SSSR count). The van der Waals surface area contributed by atoms with Crippen molar-refractivity contribution in [3.63, 3.8) is 0 Å². The van der Waals surface area contributed by atoms with Crippen molar-refractivity contribution in [1.29, 1.82) is 0 Å². The summed E-state index contributed by atoms with van der Waals surface area (Å²) in [6, 6.07) is 0.0660. The zero-order chi connectivity index (χ0) is 15.5. The fourth-order valence-electron chi connectivity index (χ4n) is 2.81. The molecule has 0 aromatic carbocycles. The Bertz CT molecular complexity index is 569. The van der Waals surface area contributed by atoms with Gasteiger partial charge in [-0.3, -0.25) is 0 Å². The van der Waals surface area contributed by atoms with Crippen LogP contribution in [0.4, 0.5) is 0 Å². The Morgan fingerprint density at radius 2 is 2.19 bits per heavy atom. The monoisotopic (exact) mass is 348 g/mol. The number of thiophene rings is 1. The highest BCUT2D eigenvalue weighted by Gasteiger charge is 2.32. The summed E-state index contributed by atoms with van der Waals surface area (Å²) < 4.78 is 28.5. The van der Waals surface area contributed by atoms with E-state index in [1.165, 1.54) is 11.3 Å². The molecule has 1 aromatic rings. The van der Waals surface area contributed by atoms with E-state index >= 15 is 0 Å². The van der Waals surface area contributed by atoms with Gasteiger partial charge in [-0.15, -0.1) is 11.3 Å². The second kappa shape index (κ2) is 7.46. The smallest absolute Gasteiger partial charge is 0.242 e. The molecule has 2 atom stereocenters. The normalized spacial score (nSPS) is 22.8. The van der Waals surface area contributed by atoms with Crippen molar-refractivity contribution in [3.05, 3.63) is 15.8 Å². The highest BCUT2D eigenvalue weighted by Crippen LogP contribution is 2.32. The van der Waals surface area contributed by atoms with Crippen LogP contribution >= 0.6 is 23.1 Å². The molecule has 21 heavy (non-hydrogen) atoms. The minimum Gasteiger partial charge on any atom is -0.312 e. The maximum absolute atomic E-state index is 12.8. The van der Waals surface area contributed by atoms with Crippen molar-refractivity contribution in [2.24, 2.45) is 0 Å². The fourth-order valence-corrected chi connectivity index (χ4v) is 6.92. The minimum absolute atomic E-state index is 0.0660. The minimum atomic E-state index is -3.43. The Labute approximate surface area is 136 Å². The molecule has 1 saturated carbocycles. The lowest BCUT2D eigenvalue weighted by atomic mass is 10.3. The number of hydrogen-bond donors (Lipinski definition) is 2. The molecule has 0 radical (unpaired) electrons. The number of hydrogen-bond acceptors (Lipinski definition) is 5. The van der Waals surface area contributed by atoms with Gasteiger partial charge >= 0.3 is 0 Å². The zero-order valence-electron chi connectivity index (χ0n) is 12.8. The third-order valence-corrected chi connectivity index (χ3v) is 7.98. The number of sulfonamides is 1. The van der Waals surface area contributed by atoms with Crippen molar-refractivity contribution in [2.45, 2.75) is 55.8 Å². The van der Waals surface area contributed by atoms with Crippen LogP contribution < -0.4 is 10.0 Å². The summed E-state index contributed by atoms with van der Waals surface area (Å²) >= 11 is 3.28. The van der Waals surface area contributed by atoms with Crippen LogP contribution in [0, 0.1) is 6.92 Å². The molecule has 0 bridgehead atoms. The van der Waals surface area contributed by atoms with Gasteiger partial charge in [0.05, 0.1) is 0 Å². The van der Waals surface area contributed by atoms with Crippen LogP contribution in [0.2, 0.25) is 0 Å². The Morgan fingerprint density at radius 3 is 2.86 bits per heavy atom. The van der Waals surface area contributed by atoms with Crippen LogP contribution in [-0.4, -0.2) is 32.5 Å². The highest BCUT2D eigenvalue weighted by molar-refractivity contribution is 7.99. The summed E-state index contributed by atoms with van der Waals surface area (Å²) in [6.45, 7) is 5.35. The number of nitrogens with one attached hydrogen (secondary N) is 2. The first-order valence-electron chi connectivity index (χ1n) is 7.32. The molecule has 0 amide bonds. The largest absolute Gasteiger partial charge is 0.312 e. The number of aryl methyl sites for hydroxylation is 1. The van der Waals surface area contributed by atoms with E-state index in [0.717, 1.165) is 36.2 Å². The average Bonchev–Trinajstić information content (AvgIpc) is 3.02. The standard InChI is InChI=1S/C14H24N2O2S3/c1-4-15-8-13-14(10(2)9-20-13)21(17,18)16-11-6-5-7-12(11)19-3/h9,11-12,15-16H,4-8H2,1-3H3. The molecule has 7 heteroatoms. The van der Waals surface area contributed by atoms with E-state index in [0.29, 0.717) is 16.7 Å². The van der Waals surface area contributed by atoms with Crippen molar-refractivity contribution < 1.29 is 8.42 Å². The molecule has 2 N–H and O–H groups in total. The topological polar surface area (TPSA) is 58.2 Å². The van der Waals surface area contributed by atoms with Gasteiger partial charge < -0.3 is 5.32 Å². The van der Waals surface area contributed by atoms with Crippen molar-refractivity contribution in [3.8, 4) is 0 Å². The molecule has 2 unspecified atom stereocenters. The van der Waals surface area contributed by atoms with Gasteiger partial charge in [-0.1, -0.05) is 13.3 Å². The second-order valence-electron chi connectivity index (χ2n) is 5.38. The first-order valence-corrected chi connectivity index (χ1v) is 11.0. The molecule has 1 fully saturated rings. The molecule has 1 aromatic heterocycles. The van der Waals surface area contributed by atoms with Gasteiger partial charge in [-0.2, -0.15) is 11.8 Å². The summed E-state index contributed by atoms with van der Waals surface area (Å²) in [6.07, 6.45) is 5.20. The Balaban J connectivity index is 2.21. The average molecular weight is 349 g/mol. The first-order chi connectivity index (χ1) is 9.99. The second-order valence-corrected chi connectivity index (χ2v) is 9.08. The lowest BCUT2D eigenvalue weighted by Crippen LogP contribution is -2.39. The Kier molecular flexibility index (Phi) is 6.14. The maximum atomic E-state index is 12.8. The van der Waals surface area contributed by atoms with Gasteiger partial charge in [0.1, 0.15) is 4.90 Å². The number of thioether (sulfide) groups is 1. The van der Waals surface area contributed by atoms with Crippen LogP contribution in [0.3, 0.4) is 0 Å². The van der Waals surface area contributed by atoms with E-state index in [9.17, 15) is 8.42 Å². The quantitative estimate of drug-likeness (QED) is 0.795. The maximum Gasteiger partial charge on any atom is 0.242 e. The molecule has 1 aliphatic carbocycles. The fraction of sp³-hybridized carbons (Fsp3) is 0.714.